The van der Waals surface area contributed by atoms with Crippen LogP contribution in [0.5, 0.6) is 0 Å². The van der Waals surface area contributed by atoms with Gasteiger partial charge in [-0.25, -0.2) is 14.8 Å². The van der Waals surface area contributed by atoms with Crippen molar-refractivity contribution in [3.8, 4) is 0 Å². The smallest absolute Gasteiger partial charge is 0.327 e. The molecular formula is C26H36N6O2. The zero-order chi connectivity index (χ0) is 23.9. The summed E-state index contributed by atoms with van der Waals surface area (Å²) in [5.41, 5.74) is 7.08. The normalized spacial score (nSPS) is 28.6. The summed E-state index contributed by atoms with van der Waals surface area (Å²) in [6, 6.07) is 10.8. The van der Waals surface area contributed by atoms with Crippen molar-refractivity contribution in [2.75, 3.05) is 32.1 Å². The molecule has 2 amide bonds. The summed E-state index contributed by atoms with van der Waals surface area (Å²) in [5.74, 6) is 0.975. The van der Waals surface area contributed by atoms with Gasteiger partial charge in [-0.15, -0.1) is 0 Å². The van der Waals surface area contributed by atoms with Crippen LogP contribution in [-0.2, 0) is 5.54 Å². The number of rotatable bonds is 6. The monoisotopic (exact) mass is 464 g/mol. The molecule has 2 heterocycles. The predicted molar refractivity (Wildman–Crippen MR) is 131 cm³/mol. The molecule has 1 atom stereocenters. The number of hydrogen-bond donors (Lipinski definition) is 2. The fourth-order valence-corrected chi connectivity index (χ4v) is 6.08. The fourth-order valence-electron chi connectivity index (χ4n) is 6.08. The maximum absolute atomic E-state index is 13.7. The average Bonchev–Trinajstić information content (AvgIpc) is 3.08. The van der Waals surface area contributed by atoms with E-state index in [9.17, 15) is 9.90 Å². The van der Waals surface area contributed by atoms with Crippen LogP contribution in [0, 0.1) is 5.92 Å². The summed E-state index contributed by atoms with van der Waals surface area (Å²) in [6.45, 7) is 1.41. The van der Waals surface area contributed by atoms with Gasteiger partial charge in [-0.05, 0) is 64.1 Å². The van der Waals surface area contributed by atoms with Gasteiger partial charge < -0.3 is 15.7 Å². The number of amides is 2. The van der Waals surface area contributed by atoms with E-state index in [0.29, 0.717) is 24.0 Å². The van der Waals surface area contributed by atoms with Crippen LogP contribution in [0.15, 0.2) is 42.7 Å². The molecule has 3 fully saturated rings. The van der Waals surface area contributed by atoms with E-state index in [4.69, 9.17) is 5.73 Å². The summed E-state index contributed by atoms with van der Waals surface area (Å²) in [5, 5.41) is 9.60. The molecule has 0 bridgehead atoms. The van der Waals surface area contributed by atoms with Gasteiger partial charge in [0, 0.05) is 30.0 Å². The topological polar surface area (TPSA) is 98.8 Å². The lowest BCUT2D eigenvalue weighted by molar-refractivity contribution is 0.0172. The molecule has 1 unspecified atom stereocenters. The Hall–Kier alpha value is -2.55. The van der Waals surface area contributed by atoms with Crippen molar-refractivity contribution in [1.82, 2.24) is 19.8 Å². The van der Waals surface area contributed by atoms with E-state index in [0.717, 1.165) is 32.2 Å². The molecule has 2 aliphatic carbocycles. The van der Waals surface area contributed by atoms with Crippen molar-refractivity contribution in [3.05, 3.63) is 53.9 Å². The third kappa shape index (κ3) is 3.87. The zero-order valence-electron chi connectivity index (χ0n) is 20.2. The number of benzene rings is 1. The van der Waals surface area contributed by atoms with Crippen LogP contribution in [0.2, 0.25) is 0 Å². The molecule has 1 aromatic heterocycles. The van der Waals surface area contributed by atoms with Gasteiger partial charge in [0.1, 0.15) is 6.23 Å². The molecule has 1 aromatic carbocycles. The molecule has 3 N–H and O–H groups in total. The maximum atomic E-state index is 13.7. The Morgan fingerprint density at radius 1 is 1.12 bits per heavy atom. The van der Waals surface area contributed by atoms with Gasteiger partial charge in [-0.1, -0.05) is 36.8 Å². The standard InChI is InChI=1S/C26H36N6O2/c1-30(2)26(21-9-4-3-5-10-21)13-11-25(12-14-26)18-31(23-28-15-20(16-29-23)22(27)33)24(34)32(25)17-19-7-6-8-19/h3-5,9-10,15-16,19,22,33H,6-8,11-14,17-18,27H2,1-2H3/t22?,25-,26+. The highest BCUT2D eigenvalue weighted by atomic mass is 16.3. The van der Waals surface area contributed by atoms with Gasteiger partial charge >= 0.3 is 6.03 Å². The van der Waals surface area contributed by atoms with E-state index in [1.54, 1.807) is 4.90 Å². The molecule has 182 valence electrons. The van der Waals surface area contributed by atoms with Crippen molar-refractivity contribution < 1.29 is 9.90 Å². The van der Waals surface area contributed by atoms with Gasteiger partial charge in [0.05, 0.1) is 12.1 Å². The summed E-state index contributed by atoms with van der Waals surface area (Å²) < 4.78 is 0. The first kappa shape index (κ1) is 23.2. The minimum atomic E-state index is -1.12. The maximum Gasteiger partial charge on any atom is 0.327 e. The van der Waals surface area contributed by atoms with E-state index in [1.165, 1.54) is 37.2 Å². The number of nitrogens with two attached hydrogens (primary N) is 1. The first-order valence-electron chi connectivity index (χ1n) is 12.4. The summed E-state index contributed by atoms with van der Waals surface area (Å²) in [6.07, 6.45) is 9.41. The van der Waals surface area contributed by atoms with Crippen molar-refractivity contribution in [3.63, 3.8) is 0 Å². The number of anilines is 1. The first-order valence-corrected chi connectivity index (χ1v) is 12.4. The number of aliphatic hydroxyl groups is 1. The molecule has 1 saturated heterocycles. The molecule has 2 saturated carbocycles. The molecule has 1 spiro atoms. The van der Waals surface area contributed by atoms with Gasteiger partial charge in [0.25, 0.3) is 0 Å². The molecule has 34 heavy (non-hydrogen) atoms. The first-order chi connectivity index (χ1) is 16.3. The van der Waals surface area contributed by atoms with Crippen LogP contribution in [0.25, 0.3) is 0 Å². The predicted octanol–water partition coefficient (Wildman–Crippen LogP) is 3.24. The Labute approximate surface area is 201 Å². The molecule has 0 radical (unpaired) electrons. The molecular weight excluding hydrogens is 428 g/mol. The van der Waals surface area contributed by atoms with Gasteiger partial charge in [0.15, 0.2) is 0 Å². The van der Waals surface area contributed by atoms with Crippen molar-refractivity contribution in [2.45, 2.75) is 62.3 Å². The lowest BCUT2D eigenvalue weighted by atomic mass is 9.68. The van der Waals surface area contributed by atoms with E-state index < -0.39 is 6.23 Å². The minimum Gasteiger partial charge on any atom is -0.374 e. The second-order valence-corrected chi connectivity index (χ2v) is 10.6. The molecule has 8 nitrogen and oxygen atoms in total. The lowest BCUT2D eigenvalue weighted by Gasteiger charge is -2.51. The number of carbonyl (C=O) groups is 1. The van der Waals surface area contributed by atoms with Crippen LogP contribution < -0.4 is 10.6 Å². The Kier molecular flexibility index (Phi) is 6.08. The van der Waals surface area contributed by atoms with Crippen molar-refractivity contribution in [2.24, 2.45) is 11.7 Å². The van der Waals surface area contributed by atoms with Gasteiger partial charge in [-0.2, -0.15) is 0 Å². The largest absolute Gasteiger partial charge is 0.374 e. The Balaban J connectivity index is 1.43. The molecule has 2 aromatic rings. The number of carbonyl (C=O) groups excluding carboxylic acids is 1. The number of urea groups is 1. The second kappa shape index (κ2) is 8.91. The van der Waals surface area contributed by atoms with Crippen LogP contribution >= 0.6 is 0 Å². The van der Waals surface area contributed by atoms with E-state index in [2.05, 4.69) is 64.2 Å². The van der Waals surface area contributed by atoms with Crippen LogP contribution in [-0.4, -0.2) is 63.6 Å². The number of aromatic nitrogens is 2. The van der Waals surface area contributed by atoms with E-state index in [1.807, 2.05) is 0 Å². The Bertz CT molecular complexity index is 998. The lowest BCUT2D eigenvalue weighted by Crippen LogP contribution is -2.56. The number of hydrogen-bond acceptors (Lipinski definition) is 6. The van der Waals surface area contributed by atoms with Crippen LogP contribution in [0.4, 0.5) is 10.7 Å². The van der Waals surface area contributed by atoms with Gasteiger partial charge in [0.2, 0.25) is 5.95 Å². The van der Waals surface area contributed by atoms with Crippen LogP contribution in [0.1, 0.15) is 62.3 Å². The zero-order valence-corrected chi connectivity index (χ0v) is 20.2. The van der Waals surface area contributed by atoms with E-state index in [-0.39, 0.29) is 17.1 Å². The summed E-state index contributed by atoms with van der Waals surface area (Å²) >= 11 is 0. The third-order valence-corrected chi connectivity index (χ3v) is 8.57. The average molecular weight is 465 g/mol. The number of aliphatic hydroxyl groups excluding tert-OH is 1. The Morgan fingerprint density at radius 2 is 1.76 bits per heavy atom. The SMILES string of the molecule is CN(C)[C@]1(c2ccccc2)CC[C@]2(CC1)CN(c1ncc(C(N)O)cn1)C(=O)N2CC1CCC1. The fraction of sp³-hybridized carbons (Fsp3) is 0.577. The second-order valence-electron chi connectivity index (χ2n) is 10.6. The van der Waals surface area contributed by atoms with Crippen LogP contribution in [0.3, 0.4) is 0 Å². The van der Waals surface area contributed by atoms with E-state index >= 15 is 0 Å². The van der Waals surface area contributed by atoms with Crippen molar-refractivity contribution >= 4 is 12.0 Å². The Morgan fingerprint density at radius 3 is 2.29 bits per heavy atom. The minimum absolute atomic E-state index is 0.00464. The molecule has 8 heteroatoms. The molecule has 1 aliphatic heterocycles. The quantitative estimate of drug-likeness (QED) is 0.637. The molecule has 3 aliphatic rings. The highest BCUT2D eigenvalue weighted by Gasteiger charge is 2.55. The highest BCUT2D eigenvalue weighted by Crippen LogP contribution is 2.50. The highest BCUT2D eigenvalue weighted by molar-refractivity contribution is 5.93. The van der Waals surface area contributed by atoms with Crippen molar-refractivity contribution in [1.29, 1.82) is 0 Å². The van der Waals surface area contributed by atoms with Gasteiger partial charge in [-0.3, -0.25) is 9.80 Å². The summed E-state index contributed by atoms with van der Waals surface area (Å²) in [4.78, 5) is 28.7. The molecule has 5 rings (SSSR count). The summed E-state index contributed by atoms with van der Waals surface area (Å²) in [7, 11) is 4.34. The third-order valence-electron chi connectivity index (χ3n) is 8.57. The number of nitrogens with zero attached hydrogens (tertiary/aromatic N) is 5.